The number of hydrogen-bond donors (Lipinski definition) is 2. The van der Waals surface area contributed by atoms with Gasteiger partial charge in [-0.1, -0.05) is 53.2 Å². The minimum atomic E-state index is -0.288. The second-order valence-electron chi connectivity index (χ2n) is 5.19. The summed E-state index contributed by atoms with van der Waals surface area (Å²) in [4.78, 5) is 11.8. The van der Waals surface area contributed by atoms with Gasteiger partial charge in [0.1, 0.15) is 0 Å². The van der Waals surface area contributed by atoms with E-state index in [9.17, 15) is 4.79 Å². The monoisotopic (exact) mass is 341 g/mol. The topological polar surface area (TPSA) is 67.2 Å². The molecule has 2 amide bonds. The highest BCUT2D eigenvalue weighted by Crippen LogP contribution is 2.19. The number of urea groups is 1. The first-order valence-corrected chi connectivity index (χ1v) is 7.90. The molecule has 0 fully saturated rings. The van der Waals surface area contributed by atoms with Crippen LogP contribution in [0.25, 0.3) is 11.3 Å². The Kier molecular flexibility index (Phi) is 5.13. The van der Waals surface area contributed by atoms with Crippen molar-refractivity contribution < 1.29 is 9.32 Å². The molecule has 0 aliphatic carbocycles. The van der Waals surface area contributed by atoms with Crippen molar-refractivity contribution in [3.05, 3.63) is 71.4 Å². The Morgan fingerprint density at radius 1 is 1.08 bits per heavy atom. The molecule has 0 unspecified atom stereocenters. The third-order valence-corrected chi connectivity index (χ3v) is 3.60. The molecule has 0 aliphatic heterocycles. The van der Waals surface area contributed by atoms with Crippen molar-refractivity contribution in [2.24, 2.45) is 0 Å². The Balaban J connectivity index is 1.48. The van der Waals surface area contributed by atoms with Gasteiger partial charge in [-0.05, 0) is 18.2 Å². The Bertz CT molecular complexity index is 818. The first-order chi connectivity index (χ1) is 11.7. The van der Waals surface area contributed by atoms with Crippen LogP contribution in [0.4, 0.5) is 10.5 Å². The summed E-state index contributed by atoms with van der Waals surface area (Å²) in [7, 11) is 0. The molecule has 0 saturated carbocycles. The van der Waals surface area contributed by atoms with Crippen LogP contribution in [-0.4, -0.2) is 17.7 Å². The van der Waals surface area contributed by atoms with Crippen LogP contribution in [0.5, 0.6) is 0 Å². The Labute approximate surface area is 144 Å². The van der Waals surface area contributed by atoms with Crippen LogP contribution in [-0.2, 0) is 6.42 Å². The summed E-state index contributed by atoms with van der Waals surface area (Å²) in [6.07, 6.45) is 0.583. The van der Waals surface area contributed by atoms with Gasteiger partial charge >= 0.3 is 6.03 Å². The molecule has 0 spiro atoms. The van der Waals surface area contributed by atoms with E-state index in [0.717, 1.165) is 11.3 Å². The summed E-state index contributed by atoms with van der Waals surface area (Å²) in [5.41, 5.74) is 2.41. The summed E-state index contributed by atoms with van der Waals surface area (Å²) in [6.45, 7) is 0.452. The second kappa shape index (κ2) is 7.66. The molecule has 2 N–H and O–H groups in total. The zero-order valence-electron chi connectivity index (χ0n) is 12.8. The van der Waals surface area contributed by atoms with E-state index in [1.54, 1.807) is 24.3 Å². The van der Waals surface area contributed by atoms with Crippen LogP contribution in [0.1, 0.15) is 5.69 Å². The summed E-state index contributed by atoms with van der Waals surface area (Å²) in [6, 6.07) is 18.3. The van der Waals surface area contributed by atoms with E-state index in [4.69, 9.17) is 16.1 Å². The molecule has 1 aromatic heterocycles. The zero-order chi connectivity index (χ0) is 16.8. The molecule has 24 heavy (non-hydrogen) atoms. The van der Waals surface area contributed by atoms with Crippen LogP contribution in [0.2, 0.25) is 5.02 Å². The molecule has 0 aliphatic rings. The molecule has 5 nitrogen and oxygen atoms in total. The van der Waals surface area contributed by atoms with Gasteiger partial charge in [0.05, 0.1) is 5.69 Å². The van der Waals surface area contributed by atoms with Crippen molar-refractivity contribution in [2.45, 2.75) is 6.42 Å². The number of anilines is 1. The molecule has 2 aromatic carbocycles. The predicted molar refractivity (Wildman–Crippen MR) is 94.1 cm³/mol. The Morgan fingerprint density at radius 3 is 2.71 bits per heavy atom. The van der Waals surface area contributed by atoms with Gasteiger partial charge in [-0.15, -0.1) is 0 Å². The van der Waals surface area contributed by atoms with Crippen molar-refractivity contribution >= 4 is 23.3 Å². The van der Waals surface area contributed by atoms with Gasteiger partial charge in [0, 0.05) is 35.3 Å². The first-order valence-electron chi connectivity index (χ1n) is 7.52. The summed E-state index contributed by atoms with van der Waals surface area (Å²) < 4.78 is 5.32. The average molecular weight is 342 g/mol. The number of amides is 2. The number of hydrogen-bond acceptors (Lipinski definition) is 3. The van der Waals surface area contributed by atoms with Gasteiger partial charge in [0.15, 0.2) is 5.76 Å². The summed E-state index contributed by atoms with van der Waals surface area (Å²) in [5.74, 6) is 0.717. The third kappa shape index (κ3) is 4.36. The highest BCUT2D eigenvalue weighted by Gasteiger charge is 2.07. The van der Waals surface area contributed by atoms with Crippen molar-refractivity contribution in [2.75, 3.05) is 11.9 Å². The van der Waals surface area contributed by atoms with Crippen LogP contribution in [0, 0.1) is 0 Å². The van der Waals surface area contributed by atoms with Crippen molar-refractivity contribution in [1.29, 1.82) is 0 Å². The van der Waals surface area contributed by atoms with E-state index in [-0.39, 0.29) is 6.03 Å². The van der Waals surface area contributed by atoms with Crippen molar-refractivity contribution in [1.82, 2.24) is 10.5 Å². The predicted octanol–water partition coefficient (Wildman–Crippen LogP) is 4.36. The molecule has 1 heterocycles. The number of halogens is 1. The lowest BCUT2D eigenvalue weighted by Gasteiger charge is -2.06. The molecule has 0 atom stereocenters. The maximum Gasteiger partial charge on any atom is 0.319 e. The number of benzene rings is 2. The molecule has 0 radical (unpaired) electrons. The smallest absolute Gasteiger partial charge is 0.319 e. The molecule has 0 bridgehead atoms. The normalized spacial score (nSPS) is 10.4. The number of nitrogens with zero attached hydrogens (tertiary/aromatic N) is 1. The fourth-order valence-corrected chi connectivity index (χ4v) is 2.40. The molecule has 3 aromatic rings. The van der Waals surface area contributed by atoms with E-state index in [1.165, 1.54) is 0 Å². The molecule has 122 valence electrons. The fourth-order valence-electron chi connectivity index (χ4n) is 2.21. The summed E-state index contributed by atoms with van der Waals surface area (Å²) in [5, 5.41) is 10.1. The number of aromatic nitrogens is 1. The minimum absolute atomic E-state index is 0.288. The van der Waals surface area contributed by atoms with E-state index in [0.29, 0.717) is 29.4 Å². The zero-order valence-corrected chi connectivity index (χ0v) is 13.6. The lowest BCUT2D eigenvalue weighted by Crippen LogP contribution is -2.30. The minimum Gasteiger partial charge on any atom is -0.356 e. The van der Waals surface area contributed by atoms with Gasteiger partial charge in [-0.2, -0.15) is 0 Å². The SMILES string of the molecule is O=C(NCCc1cc(-c2ccccc2)on1)Nc1cccc(Cl)c1. The maximum atomic E-state index is 11.8. The highest BCUT2D eigenvalue weighted by molar-refractivity contribution is 6.30. The molecular formula is C18H16ClN3O2. The van der Waals surface area contributed by atoms with E-state index < -0.39 is 0 Å². The molecular weight excluding hydrogens is 326 g/mol. The lowest BCUT2D eigenvalue weighted by molar-refractivity contribution is 0.252. The van der Waals surface area contributed by atoms with E-state index in [1.807, 2.05) is 36.4 Å². The van der Waals surface area contributed by atoms with Gasteiger partial charge in [-0.3, -0.25) is 0 Å². The van der Waals surface area contributed by atoms with Gasteiger partial charge in [-0.25, -0.2) is 4.79 Å². The average Bonchev–Trinajstić information content (AvgIpc) is 3.04. The third-order valence-electron chi connectivity index (χ3n) is 3.37. The largest absolute Gasteiger partial charge is 0.356 e. The van der Waals surface area contributed by atoms with Crippen LogP contribution in [0.3, 0.4) is 0 Å². The van der Waals surface area contributed by atoms with Crippen LogP contribution >= 0.6 is 11.6 Å². The maximum absolute atomic E-state index is 11.8. The highest BCUT2D eigenvalue weighted by atomic mass is 35.5. The standard InChI is InChI=1S/C18H16ClN3O2/c19-14-7-4-8-15(11-14)21-18(23)20-10-9-16-12-17(24-22-16)13-5-2-1-3-6-13/h1-8,11-12H,9-10H2,(H2,20,21,23). The summed E-state index contributed by atoms with van der Waals surface area (Å²) >= 11 is 5.88. The van der Waals surface area contributed by atoms with Gasteiger partial charge in [0.25, 0.3) is 0 Å². The Morgan fingerprint density at radius 2 is 1.92 bits per heavy atom. The first kappa shape index (κ1) is 16.1. The van der Waals surface area contributed by atoms with Crippen molar-refractivity contribution in [3.8, 4) is 11.3 Å². The van der Waals surface area contributed by atoms with Crippen LogP contribution < -0.4 is 10.6 Å². The lowest BCUT2D eigenvalue weighted by atomic mass is 10.1. The number of rotatable bonds is 5. The van der Waals surface area contributed by atoms with Crippen LogP contribution in [0.15, 0.2) is 65.2 Å². The van der Waals surface area contributed by atoms with Gasteiger partial charge < -0.3 is 15.2 Å². The van der Waals surface area contributed by atoms with E-state index in [2.05, 4.69) is 15.8 Å². The fraction of sp³-hybridized carbons (Fsp3) is 0.111. The Hall–Kier alpha value is -2.79. The van der Waals surface area contributed by atoms with Gasteiger partial charge in [0.2, 0.25) is 0 Å². The van der Waals surface area contributed by atoms with Crippen molar-refractivity contribution in [3.63, 3.8) is 0 Å². The molecule has 3 rings (SSSR count). The van der Waals surface area contributed by atoms with E-state index >= 15 is 0 Å². The number of carbonyl (C=O) groups excluding carboxylic acids is 1. The molecule has 6 heteroatoms. The molecule has 0 saturated heterocycles. The number of nitrogens with one attached hydrogen (secondary N) is 2. The number of carbonyl (C=O) groups is 1. The second-order valence-corrected chi connectivity index (χ2v) is 5.63. The quantitative estimate of drug-likeness (QED) is 0.724.